The molecule has 0 unspecified atom stereocenters. The number of hydrogen-bond donors (Lipinski definition) is 2. The topological polar surface area (TPSA) is 63.8 Å². The highest BCUT2D eigenvalue weighted by Gasteiger charge is 2.07. The summed E-state index contributed by atoms with van der Waals surface area (Å²) in [6.45, 7) is 2.07. The van der Waals surface area contributed by atoms with E-state index < -0.39 is 0 Å². The molecule has 0 bridgehead atoms. The van der Waals surface area contributed by atoms with Gasteiger partial charge in [-0.05, 0) is 46.6 Å². The van der Waals surface area contributed by atoms with Gasteiger partial charge in [0.05, 0.1) is 26.6 Å². The molecular weight excluding hydrogens is 324 g/mol. The number of halogens is 1. The number of benzene rings is 1. The molecule has 3 N–H and O–H groups in total. The third-order valence-electron chi connectivity index (χ3n) is 2.63. The maximum absolute atomic E-state index is 5.67. The molecule has 19 heavy (non-hydrogen) atoms. The Morgan fingerprint density at radius 3 is 2.95 bits per heavy atom. The highest BCUT2D eigenvalue weighted by molar-refractivity contribution is 9.10. The minimum atomic E-state index is 0.623. The summed E-state index contributed by atoms with van der Waals surface area (Å²) >= 11 is 5.04. The second-order valence-electron chi connectivity index (χ2n) is 4.21. The lowest BCUT2D eigenvalue weighted by Gasteiger charge is -2.04. The van der Waals surface area contributed by atoms with Crippen LogP contribution in [-0.2, 0) is 0 Å². The summed E-state index contributed by atoms with van der Waals surface area (Å²) in [5.74, 6) is 0.713. The van der Waals surface area contributed by atoms with Crippen molar-refractivity contribution in [3.05, 3.63) is 40.5 Å². The number of anilines is 3. The molecule has 1 aromatic carbocycles. The SMILES string of the molecule is Cc1ccc2nc(Nc3ncc(N)cc3Br)sc2c1. The van der Waals surface area contributed by atoms with E-state index in [1.54, 1.807) is 17.5 Å². The zero-order chi connectivity index (χ0) is 13.4. The summed E-state index contributed by atoms with van der Waals surface area (Å²) in [6.07, 6.45) is 1.62. The lowest BCUT2D eigenvalue weighted by atomic mass is 10.2. The van der Waals surface area contributed by atoms with Gasteiger partial charge in [0.1, 0.15) is 5.82 Å². The molecule has 96 valence electrons. The molecule has 0 spiro atoms. The van der Waals surface area contributed by atoms with E-state index in [4.69, 9.17) is 5.73 Å². The van der Waals surface area contributed by atoms with Crippen molar-refractivity contribution in [2.45, 2.75) is 6.92 Å². The summed E-state index contributed by atoms with van der Waals surface area (Å²) in [7, 11) is 0. The Labute approximate surface area is 122 Å². The number of fused-ring (bicyclic) bond motifs is 1. The number of hydrogen-bond acceptors (Lipinski definition) is 5. The monoisotopic (exact) mass is 334 g/mol. The van der Waals surface area contributed by atoms with Gasteiger partial charge in [-0.25, -0.2) is 9.97 Å². The summed E-state index contributed by atoms with van der Waals surface area (Å²) in [4.78, 5) is 8.77. The van der Waals surface area contributed by atoms with Gasteiger partial charge in [-0.15, -0.1) is 0 Å². The van der Waals surface area contributed by atoms with Crippen LogP contribution in [0, 0.1) is 6.92 Å². The number of aromatic nitrogens is 2. The quantitative estimate of drug-likeness (QED) is 0.740. The van der Waals surface area contributed by atoms with E-state index in [0.29, 0.717) is 11.5 Å². The first-order valence-electron chi connectivity index (χ1n) is 5.67. The molecule has 0 aliphatic rings. The molecule has 0 saturated carbocycles. The van der Waals surface area contributed by atoms with Crippen LogP contribution in [0.1, 0.15) is 5.56 Å². The smallest absolute Gasteiger partial charge is 0.189 e. The summed E-state index contributed by atoms with van der Waals surface area (Å²) < 4.78 is 1.98. The van der Waals surface area contributed by atoms with E-state index in [0.717, 1.165) is 19.8 Å². The molecule has 6 heteroatoms. The van der Waals surface area contributed by atoms with Crippen LogP contribution in [0.5, 0.6) is 0 Å². The molecule has 3 aromatic rings. The van der Waals surface area contributed by atoms with Crippen LogP contribution < -0.4 is 11.1 Å². The van der Waals surface area contributed by atoms with E-state index >= 15 is 0 Å². The minimum absolute atomic E-state index is 0.623. The van der Waals surface area contributed by atoms with Gasteiger partial charge in [0, 0.05) is 0 Å². The van der Waals surface area contributed by atoms with Crippen molar-refractivity contribution in [3.8, 4) is 0 Å². The van der Waals surface area contributed by atoms with Crippen molar-refractivity contribution in [2.24, 2.45) is 0 Å². The number of nitrogens with two attached hydrogens (primary N) is 1. The summed E-state index contributed by atoms with van der Waals surface area (Å²) in [6, 6.07) is 8.03. The number of nitrogen functional groups attached to an aromatic ring is 1. The van der Waals surface area contributed by atoms with Crippen molar-refractivity contribution in [1.82, 2.24) is 9.97 Å². The number of rotatable bonds is 2. The van der Waals surface area contributed by atoms with Crippen molar-refractivity contribution in [2.75, 3.05) is 11.1 Å². The standard InChI is InChI=1S/C13H11BrN4S/c1-7-2-3-10-11(4-7)19-13(17-10)18-12-9(14)5-8(15)6-16-12/h2-6H,15H2,1H3,(H,16,17,18). The number of nitrogens with one attached hydrogen (secondary N) is 1. The summed E-state index contributed by atoms with van der Waals surface area (Å²) in [5.41, 5.74) is 8.51. The van der Waals surface area contributed by atoms with Gasteiger partial charge >= 0.3 is 0 Å². The molecule has 0 fully saturated rings. The molecule has 0 atom stereocenters. The lowest BCUT2D eigenvalue weighted by molar-refractivity contribution is 1.28. The van der Waals surface area contributed by atoms with Crippen LogP contribution in [0.4, 0.5) is 16.6 Å². The van der Waals surface area contributed by atoms with Crippen molar-refractivity contribution in [3.63, 3.8) is 0 Å². The predicted molar refractivity (Wildman–Crippen MR) is 84.0 cm³/mol. The predicted octanol–water partition coefficient (Wildman–Crippen LogP) is 4.09. The summed E-state index contributed by atoms with van der Waals surface area (Å²) in [5, 5.41) is 4.02. The number of aryl methyl sites for hydroxylation is 1. The van der Waals surface area contributed by atoms with Gasteiger partial charge in [-0.2, -0.15) is 0 Å². The van der Waals surface area contributed by atoms with Crippen molar-refractivity contribution < 1.29 is 0 Å². The van der Waals surface area contributed by atoms with Gasteiger partial charge in [0.2, 0.25) is 0 Å². The van der Waals surface area contributed by atoms with Gasteiger partial charge in [0.25, 0.3) is 0 Å². The van der Waals surface area contributed by atoms with Crippen LogP contribution in [0.15, 0.2) is 34.9 Å². The molecule has 0 aliphatic carbocycles. The van der Waals surface area contributed by atoms with Gasteiger partial charge in [-0.3, -0.25) is 0 Å². The van der Waals surface area contributed by atoms with Crippen LogP contribution in [0.2, 0.25) is 0 Å². The number of nitrogens with zero attached hydrogens (tertiary/aromatic N) is 2. The molecule has 3 rings (SSSR count). The normalized spacial score (nSPS) is 10.8. The number of thiazole rings is 1. The second kappa shape index (κ2) is 4.79. The van der Waals surface area contributed by atoms with E-state index in [1.165, 1.54) is 5.56 Å². The molecule has 0 saturated heterocycles. The Kier molecular flexibility index (Phi) is 3.12. The van der Waals surface area contributed by atoms with Crippen LogP contribution in [-0.4, -0.2) is 9.97 Å². The zero-order valence-electron chi connectivity index (χ0n) is 10.1. The van der Waals surface area contributed by atoms with Crippen LogP contribution >= 0.6 is 27.3 Å². The van der Waals surface area contributed by atoms with Crippen molar-refractivity contribution >= 4 is 54.1 Å². The third kappa shape index (κ3) is 2.54. The molecule has 0 amide bonds. The Morgan fingerprint density at radius 2 is 2.16 bits per heavy atom. The van der Waals surface area contributed by atoms with E-state index in [-0.39, 0.29) is 0 Å². The van der Waals surface area contributed by atoms with Gasteiger partial charge in [0.15, 0.2) is 5.13 Å². The zero-order valence-corrected chi connectivity index (χ0v) is 12.5. The Hall–Kier alpha value is -1.66. The van der Waals surface area contributed by atoms with Gasteiger partial charge in [-0.1, -0.05) is 17.4 Å². The first kappa shape index (κ1) is 12.4. The average molecular weight is 335 g/mol. The molecule has 0 radical (unpaired) electrons. The van der Waals surface area contributed by atoms with E-state index in [1.807, 2.05) is 12.1 Å². The molecule has 2 heterocycles. The maximum atomic E-state index is 5.67. The fourth-order valence-electron chi connectivity index (χ4n) is 1.73. The Bertz CT molecular complexity index is 753. The fourth-order valence-corrected chi connectivity index (χ4v) is 3.16. The molecular formula is C13H11BrN4S. The first-order valence-corrected chi connectivity index (χ1v) is 7.28. The van der Waals surface area contributed by atoms with E-state index in [9.17, 15) is 0 Å². The lowest BCUT2D eigenvalue weighted by Crippen LogP contribution is -1.95. The Balaban J connectivity index is 1.96. The van der Waals surface area contributed by atoms with E-state index in [2.05, 4.69) is 50.3 Å². The molecule has 0 aliphatic heterocycles. The van der Waals surface area contributed by atoms with Crippen molar-refractivity contribution in [1.29, 1.82) is 0 Å². The highest BCUT2D eigenvalue weighted by Crippen LogP contribution is 2.31. The minimum Gasteiger partial charge on any atom is -0.397 e. The average Bonchev–Trinajstić information content (AvgIpc) is 2.74. The fraction of sp³-hybridized carbons (Fsp3) is 0.0769. The molecule has 4 nitrogen and oxygen atoms in total. The van der Waals surface area contributed by atoms with Crippen LogP contribution in [0.25, 0.3) is 10.2 Å². The largest absolute Gasteiger partial charge is 0.397 e. The Morgan fingerprint density at radius 1 is 1.32 bits per heavy atom. The second-order valence-corrected chi connectivity index (χ2v) is 6.10. The maximum Gasteiger partial charge on any atom is 0.189 e. The molecule has 2 aromatic heterocycles. The third-order valence-corrected chi connectivity index (χ3v) is 4.17. The first-order chi connectivity index (χ1) is 9.11. The number of pyridine rings is 1. The van der Waals surface area contributed by atoms with Crippen LogP contribution in [0.3, 0.4) is 0 Å². The van der Waals surface area contributed by atoms with Gasteiger partial charge < -0.3 is 11.1 Å². The highest BCUT2D eigenvalue weighted by atomic mass is 79.9.